The molecule has 0 saturated carbocycles. The van der Waals surface area contributed by atoms with Crippen molar-refractivity contribution < 1.29 is 9.47 Å². The monoisotopic (exact) mass is 330 g/mol. The first-order chi connectivity index (χ1) is 8.90. The third kappa shape index (κ3) is 4.39. The van der Waals surface area contributed by atoms with Gasteiger partial charge in [-0.25, -0.2) is 0 Å². The Morgan fingerprint density at radius 1 is 1.06 bits per heavy atom. The van der Waals surface area contributed by atoms with Crippen molar-refractivity contribution in [2.75, 3.05) is 24.3 Å². The summed E-state index contributed by atoms with van der Waals surface area (Å²) in [5.41, 5.74) is 0. The van der Waals surface area contributed by atoms with E-state index in [1.807, 2.05) is 17.8 Å². The molecule has 2 nitrogen and oxygen atoms in total. The average molecular weight is 331 g/mol. The van der Waals surface area contributed by atoms with E-state index in [4.69, 9.17) is 9.47 Å². The van der Waals surface area contributed by atoms with E-state index in [2.05, 4.69) is 28.1 Å². The number of halogens is 1. The van der Waals surface area contributed by atoms with Crippen LogP contribution in [0.15, 0.2) is 23.1 Å². The number of thioether (sulfide) groups is 1. The molecule has 0 aromatic heterocycles. The van der Waals surface area contributed by atoms with E-state index in [1.54, 1.807) is 0 Å². The van der Waals surface area contributed by atoms with Crippen LogP contribution in [0, 0.1) is 0 Å². The topological polar surface area (TPSA) is 18.5 Å². The lowest BCUT2D eigenvalue weighted by molar-refractivity contribution is 0.297. The maximum atomic E-state index is 5.69. The highest BCUT2D eigenvalue weighted by Gasteiger charge is 2.10. The van der Waals surface area contributed by atoms with Gasteiger partial charge in [0.2, 0.25) is 0 Å². The molecule has 0 saturated heterocycles. The second-order valence-electron chi connectivity index (χ2n) is 4.26. The summed E-state index contributed by atoms with van der Waals surface area (Å²) in [4.78, 5) is 1.28. The van der Waals surface area contributed by atoms with Crippen LogP contribution >= 0.6 is 27.7 Å². The maximum Gasteiger partial charge on any atom is 0.162 e. The van der Waals surface area contributed by atoms with Crippen molar-refractivity contribution in [3.63, 3.8) is 0 Å². The van der Waals surface area contributed by atoms with Gasteiger partial charge in [-0.3, -0.25) is 0 Å². The molecule has 0 radical (unpaired) electrons. The molecular formula is C14H19BrO2S. The van der Waals surface area contributed by atoms with E-state index >= 15 is 0 Å². The van der Waals surface area contributed by atoms with Crippen LogP contribution in [-0.4, -0.2) is 24.3 Å². The summed E-state index contributed by atoms with van der Waals surface area (Å²) in [7, 11) is 0. The molecule has 1 heterocycles. The summed E-state index contributed by atoms with van der Waals surface area (Å²) in [6.45, 7) is 1.51. The van der Waals surface area contributed by atoms with Gasteiger partial charge in [-0.1, -0.05) is 22.4 Å². The Balaban J connectivity index is 1.84. The number of benzene rings is 1. The highest BCUT2D eigenvalue weighted by atomic mass is 79.9. The second-order valence-corrected chi connectivity index (χ2v) is 6.22. The van der Waals surface area contributed by atoms with E-state index < -0.39 is 0 Å². The number of unbranched alkanes of at least 4 members (excludes halogenated alkanes) is 2. The zero-order valence-electron chi connectivity index (χ0n) is 10.5. The van der Waals surface area contributed by atoms with Crippen LogP contribution < -0.4 is 9.47 Å². The predicted octanol–water partition coefficient (Wildman–Crippen LogP) is 4.51. The van der Waals surface area contributed by atoms with Crippen LogP contribution in [-0.2, 0) is 0 Å². The SMILES string of the molecule is BrCCCCCSc1ccc2c(c1)OCCCO2. The number of fused-ring (bicyclic) bond motifs is 1. The Morgan fingerprint density at radius 3 is 2.72 bits per heavy atom. The summed E-state index contributed by atoms with van der Waals surface area (Å²) < 4.78 is 11.3. The van der Waals surface area contributed by atoms with Gasteiger partial charge in [0.1, 0.15) is 0 Å². The Kier molecular flexibility index (Phi) is 6.21. The van der Waals surface area contributed by atoms with Gasteiger partial charge in [0.05, 0.1) is 13.2 Å². The second kappa shape index (κ2) is 7.95. The maximum absolute atomic E-state index is 5.69. The number of hydrogen-bond donors (Lipinski definition) is 0. The average Bonchev–Trinajstić information content (AvgIpc) is 2.63. The highest BCUT2D eigenvalue weighted by Crippen LogP contribution is 2.34. The molecular weight excluding hydrogens is 312 g/mol. The normalized spacial score (nSPS) is 14.3. The molecule has 0 fully saturated rings. The summed E-state index contributed by atoms with van der Waals surface area (Å²) in [6, 6.07) is 6.26. The fraction of sp³-hybridized carbons (Fsp3) is 0.571. The van der Waals surface area contributed by atoms with Crippen LogP contribution in [0.25, 0.3) is 0 Å². The van der Waals surface area contributed by atoms with Crippen molar-refractivity contribution in [3.8, 4) is 11.5 Å². The van der Waals surface area contributed by atoms with Crippen LogP contribution in [0.3, 0.4) is 0 Å². The van der Waals surface area contributed by atoms with Crippen LogP contribution in [0.4, 0.5) is 0 Å². The number of ether oxygens (including phenoxy) is 2. The molecule has 0 unspecified atom stereocenters. The van der Waals surface area contributed by atoms with Gasteiger partial charge in [0, 0.05) is 16.6 Å². The molecule has 4 heteroatoms. The van der Waals surface area contributed by atoms with Gasteiger partial charge in [-0.15, -0.1) is 11.8 Å². The van der Waals surface area contributed by atoms with E-state index in [1.165, 1.54) is 29.9 Å². The fourth-order valence-electron chi connectivity index (χ4n) is 1.80. The predicted molar refractivity (Wildman–Crippen MR) is 80.4 cm³/mol. The van der Waals surface area contributed by atoms with Crippen molar-refractivity contribution in [2.24, 2.45) is 0 Å². The minimum atomic E-state index is 0.756. The molecule has 1 aromatic rings. The molecule has 1 aliphatic heterocycles. The van der Waals surface area contributed by atoms with Crippen LogP contribution in [0.1, 0.15) is 25.7 Å². The summed E-state index contributed by atoms with van der Waals surface area (Å²) in [5.74, 6) is 2.96. The fourth-order valence-corrected chi connectivity index (χ4v) is 3.13. The molecule has 2 rings (SSSR count). The van der Waals surface area contributed by atoms with Crippen molar-refractivity contribution in [3.05, 3.63) is 18.2 Å². The Morgan fingerprint density at radius 2 is 1.89 bits per heavy atom. The van der Waals surface area contributed by atoms with Gasteiger partial charge in [0.15, 0.2) is 11.5 Å². The molecule has 0 N–H and O–H groups in total. The first-order valence-corrected chi connectivity index (χ1v) is 8.59. The Labute approximate surface area is 122 Å². The van der Waals surface area contributed by atoms with Crippen molar-refractivity contribution in [2.45, 2.75) is 30.6 Å². The van der Waals surface area contributed by atoms with Crippen molar-refractivity contribution in [1.82, 2.24) is 0 Å². The Bertz CT molecular complexity index is 371. The van der Waals surface area contributed by atoms with E-state index in [0.29, 0.717) is 0 Å². The van der Waals surface area contributed by atoms with Gasteiger partial charge in [0.25, 0.3) is 0 Å². The quantitative estimate of drug-likeness (QED) is 0.434. The van der Waals surface area contributed by atoms with E-state index in [9.17, 15) is 0 Å². The zero-order chi connectivity index (χ0) is 12.6. The summed E-state index contributed by atoms with van der Waals surface area (Å²) in [5, 5.41) is 1.11. The molecule has 0 bridgehead atoms. The number of alkyl halides is 1. The molecule has 18 heavy (non-hydrogen) atoms. The standard InChI is InChI=1S/C14H19BrO2S/c15-7-2-1-3-10-18-12-5-6-13-14(11-12)17-9-4-8-16-13/h5-6,11H,1-4,7-10H2. The highest BCUT2D eigenvalue weighted by molar-refractivity contribution is 9.09. The van der Waals surface area contributed by atoms with E-state index in [-0.39, 0.29) is 0 Å². The molecule has 0 atom stereocenters. The largest absolute Gasteiger partial charge is 0.490 e. The minimum absolute atomic E-state index is 0.756. The number of hydrogen-bond acceptors (Lipinski definition) is 3. The summed E-state index contributed by atoms with van der Waals surface area (Å²) in [6.07, 6.45) is 4.79. The lowest BCUT2D eigenvalue weighted by Gasteiger charge is -2.09. The van der Waals surface area contributed by atoms with E-state index in [0.717, 1.165) is 36.5 Å². The molecule has 0 spiro atoms. The Hall–Kier alpha value is -0.350. The van der Waals surface area contributed by atoms with Crippen molar-refractivity contribution in [1.29, 1.82) is 0 Å². The van der Waals surface area contributed by atoms with Crippen LogP contribution in [0.2, 0.25) is 0 Å². The van der Waals surface area contributed by atoms with Crippen molar-refractivity contribution >= 4 is 27.7 Å². The first kappa shape index (κ1) is 14.1. The molecule has 1 aromatic carbocycles. The third-order valence-corrected chi connectivity index (χ3v) is 4.41. The minimum Gasteiger partial charge on any atom is -0.490 e. The number of rotatable bonds is 6. The summed E-state index contributed by atoms with van der Waals surface area (Å²) >= 11 is 5.36. The lowest BCUT2D eigenvalue weighted by Crippen LogP contribution is -1.97. The van der Waals surface area contributed by atoms with Gasteiger partial charge in [-0.2, -0.15) is 0 Å². The van der Waals surface area contributed by atoms with Gasteiger partial charge in [-0.05, 0) is 36.8 Å². The third-order valence-electron chi connectivity index (χ3n) is 2.77. The lowest BCUT2D eigenvalue weighted by atomic mass is 10.3. The van der Waals surface area contributed by atoms with Gasteiger partial charge >= 0.3 is 0 Å². The first-order valence-electron chi connectivity index (χ1n) is 6.48. The molecule has 1 aliphatic rings. The molecule has 100 valence electrons. The van der Waals surface area contributed by atoms with Crippen LogP contribution in [0.5, 0.6) is 11.5 Å². The zero-order valence-corrected chi connectivity index (χ0v) is 12.9. The van der Waals surface area contributed by atoms with Gasteiger partial charge < -0.3 is 9.47 Å². The molecule has 0 aliphatic carbocycles. The smallest absolute Gasteiger partial charge is 0.162 e. The molecule has 0 amide bonds.